The summed E-state index contributed by atoms with van der Waals surface area (Å²) in [5.41, 5.74) is 4.44. The summed E-state index contributed by atoms with van der Waals surface area (Å²) in [5, 5.41) is 7.25. The van der Waals surface area contributed by atoms with Gasteiger partial charge in [-0.05, 0) is 42.4 Å². The maximum atomic E-state index is 5.56. The minimum atomic E-state index is -0.0262. The van der Waals surface area contributed by atoms with Crippen molar-refractivity contribution in [1.82, 2.24) is 5.32 Å². The quantitative estimate of drug-likeness (QED) is 0.620. The predicted octanol–water partition coefficient (Wildman–Crippen LogP) is 5.08. The van der Waals surface area contributed by atoms with Gasteiger partial charge in [-0.2, -0.15) is 0 Å². The number of rotatable bonds is 5. The molecule has 1 atom stereocenters. The number of methoxy groups -OCH3 is 1. The van der Waals surface area contributed by atoms with Gasteiger partial charge in [0, 0.05) is 11.8 Å². The van der Waals surface area contributed by atoms with Crippen molar-refractivity contribution in [2.45, 2.75) is 13.0 Å². The molecule has 0 spiro atoms. The Balaban J connectivity index is 1.82. The Hall–Kier alpha value is -2.85. The fourth-order valence-corrected chi connectivity index (χ4v) is 3.09. The van der Waals surface area contributed by atoms with E-state index in [0.717, 1.165) is 17.0 Å². The first-order valence-electron chi connectivity index (χ1n) is 8.49. The molecule has 0 bridgehead atoms. The lowest BCUT2D eigenvalue weighted by molar-refractivity contribution is 0.415. The standard InChI is InChI=1S/C22H22N2OS/c1-16-8-6-11-18(14-16)21(17-9-4-3-5-10-17)24-22(26)23-19-12-7-13-20(15-19)25-2/h3-15,21H,1-2H3,(H2,23,24,26)/t21-/m0/s1. The van der Waals surface area contributed by atoms with Crippen LogP contribution in [0.25, 0.3) is 0 Å². The molecular formula is C22H22N2OS. The first-order valence-corrected chi connectivity index (χ1v) is 8.89. The maximum absolute atomic E-state index is 5.56. The van der Waals surface area contributed by atoms with Crippen LogP contribution in [0, 0.1) is 6.92 Å². The zero-order chi connectivity index (χ0) is 18.4. The normalized spacial score (nSPS) is 11.5. The van der Waals surface area contributed by atoms with E-state index >= 15 is 0 Å². The average Bonchev–Trinajstić information content (AvgIpc) is 2.67. The summed E-state index contributed by atoms with van der Waals surface area (Å²) in [7, 11) is 1.65. The zero-order valence-electron chi connectivity index (χ0n) is 14.9. The highest BCUT2D eigenvalue weighted by atomic mass is 32.1. The lowest BCUT2D eigenvalue weighted by Gasteiger charge is -2.22. The molecule has 26 heavy (non-hydrogen) atoms. The molecule has 0 aliphatic heterocycles. The SMILES string of the molecule is COc1cccc(NC(=S)N[C@@H](c2ccccc2)c2cccc(C)c2)c1. The van der Waals surface area contributed by atoms with Crippen LogP contribution >= 0.6 is 12.2 Å². The van der Waals surface area contributed by atoms with E-state index in [1.54, 1.807) is 7.11 Å². The van der Waals surface area contributed by atoms with Gasteiger partial charge in [0.05, 0.1) is 13.2 Å². The highest BCUT2D eigenvalue weighted by Gasteiger charge is 2.15. The Labute approximate surface area is 160 Å². The number of hydrogen-bond donors (Lipinski definition) is 2. The van der Waals surface area contributed by atoms with Gasteiger partial charge in [-0.25, -0.2) is 0 Å². The van der Waals surface area contributed by atoms with Crippen molar-refractivity contribution in [1.29, 1.82) is 0 Å². The number of aryl methyl sites for hydroxylation is 1. The Kier molecular flexibility index (Phi) is 5.87. The van der Waals surface area contributed by atoms with Crippen LogP contribution in [0.3, 0.4) is 0 Å². The summed E-state index contributed by atoms with van der Waals surface area (Å²) in [4.78, 5) is 0. The molecule has 0 saturated carbocycles. The van der Waals surface area contributed by atoms with Crippen molar-refractivity contribution in [2.24, 2.45) is 0 Å². The van der Waals surface area contributed by atoms with Crippen LogP contribution < -0.4 is 15.4 Å². The van der Waals surface area contributed by atoms with Gasteiger partial charge in [0.1, 0.15) is 5.75 Å². The van der Waals surface area contributed by atoms with Crippen molar-refractivity contribution in [2.75, 3.05) is 12.4 Å². The average molecular weight is 362 g/mol. The van der Waals surface area contributed by atoms with Crippen LogP contribution in [0.15, 0.2) is 78.9 Å². The van der Waals surface area contributed by atoms with E-state index in [4.69, 9.17) is 17.0 Å². The monoisotopic (exact) mass is 362 g/mol. The molecule has 0 aliphatic carbocycles. The second-order valence-corrected chi connectivity index (χ2v) is 6.50. The van der Waals surface area contributed by atoms with E-state index in [0.29, 0.717) is 5.11 Å². The third-order valence-corrected chi connectivity index (χ3v) is 4.33. The zero-order valence-corrected chi connectivity index (χ0v) is 15.7. The van der Waals surface area contributed by atoms with Gasteiger partial charge in [-0.15, -0.1) is 0 Å². The molecule has 2 N–H and O–H groups in total. The van der Waals surface area contributed by atoms with E-state index < -0.39 is 0 Å². The minimum absolute atomic E-state index is 0.0262. The van der Waals surface area contributed by atoms with Crippen molar-refractivity contribution >= 4 is 23.0 Å². The van der Waals surface area contributed by atoms with Crippen molar-refractivity contribution in [3.05, 3.63) is 95.6 Å². The largest absolute Gasteiger partial charge is 0.497 e. The molecule has 3 aromatic rings. The van der Waals surface area contributed by atoms with Crippen LogP contribution in [0.2, 0.25) is 0 Å². The lowest BCUT2D eigenvalue weighted by atomic mass is 9.97. The molecule has 0 unspecified atom stereocenters. The fourth-order valence-electron chi connectivity index (χ4n) is 2.85. The smallest absolute Gasteiger partial charge is 0.171 e. The fraction of sp³-hybridized carbons (Fsp3) is 0.136. The lowest BCUT2D eigenvalue weighted by Crippen LogP contribution is -2.33. The van der Waals surface area contributed by atoms with Crippen LogP contribution in [-0.2, 0) is 0 Å². The number of hydrogen-bond acceptors (Lipinski definition) is 2. The second kappa shape index (κ2) is 8.50. The highest BCUT2D eigenvalue weighted by Crippen LogP contribution is 2.23. The van der Waals surface area contributed by atoms with Gasteiger partial charge in [0.15, 0.2) is 5.11 Å². The van der Waals surface area contributed by atoms with Crippen molar-refractivity contribution in [3.63, 3.8) is 0 Å². The van der Waals surface area contributed by atoms with E-state index in [1.165, 1.54) is 11.1 Å². The highest BCUT2D eigenvalue weighted by molar-refractivity contribution is 7.80. The molecule has 3 rings (SSSR count). The number of anilines is 1. The van der Waals surface area contributed by atoms with E-state index in [1.807, 2.05) is 42.5 Å². The summed E-state index contributed by atoms with van der Waals surface area (Å²) in [5.74, 6) is 0.788. The molecule has 3 aromatic carbocycles. The summed E-state index contributed by atoms with van der Waals surface area (Å²) in [6.07, 6.45) is 0. The van der Waals surface area contributed by atoms with Crippen molar-refractivity contribution in [3.8, 4) is 5.75 Å². The Morgan fingerprint density at radius 2 is 1.62 bits per heavy atom. The maximum Gasteiger partial charge on any atom is 0.171 e. The first-order chi connectivity index (χ1) is 12.7. The number of nitrogens with one attached hydrogen (secondary N) is 2. The molecule has 132 valence electrons. The van der Waals surface area contributed by atoms with Crippen molar-refractivity contribution < 1.29 is 4.74 Å². The van der Waals surface area contributed by atoms with E-state index in [2.05, 4.69) is 54.0 Å². The van der Waals surface area contributed by atoms with E-state index in [9.17, 15) is 0 Å². The molecule has 0 fully saturated rings. The Morgan fingerprint density at radius 1 is 0.885 bits per heavy atom. The third kappa shape index (κ3) is 4.61. The first kappa shape index (κ1) is 18.0. The van der Waals surface area contributed by atoms with Gasteiger partial charge in [-0.3, -0.25) is 0 Å². The summed E-state index contributed by atoms with van der Waals surface area (Å²) in [6, 6.07) is 26.5. The molecular weight excluding hydrogens is 340 g/mol. The topological polar surface area (TPSA) is 33.3 Å². The molecule has 4 heteroatoms. The molecule has 0 radical (unpaired) electrons. The van der Waals surface area contributed by atoms with Gasteiger partial charge in [0.2, 0.25) is 0 Å². The van der Waals surface area contributed by atoms with Gasteiger partial charge >= 0.3 is 0 Å². The van der Waals surface area contributed by atoms with Gasteiger partial charge < -0.3 is 15.4 Å². The molecule has 3 nitrogen and oxygen atoms in total. The van der Waals surface area contributed by atoms with E-state index in [-0.39, 0.29) is 6.04 Å². The van der Waals surface area contributed by atoms with Crippen LogP contribution in [0.5, 0.6) is 5.75 Å². The molecule has 0 aliphatic rings. The van der Waals surface area contributed by atoms with Crippen LogP contribution in [-0.4, -0.2) is 12.2 Å². The number of thiocarbonyl (C=S) groups is 1. The second-order valence-electron chi connectivity index (χ2n) is 6.09. The summed E-state index contributed by atoms with van der Waals surface area (Å²) >= 11 is 5.56. The Bertz CT molecular complexity index is 880. The van der Waals surface area contributed by atoms with Crippen LogP contribution in [0.1, 0.15) is 22.7 Å². The third-order valence-electron chi connectivity index (χ3n) is 4.11. The Morgan fingerprint density at radius 3 is 2.35 bits per heavy atom. The van der Waals surface area contributed by atoms with Gasteiger partial charge in [0.25, 0.3) is 0 Å². The molecule has 0 aromatic heterocycles. The summed E-state index contributed by atoms with van der Waals surface area (Å²) in [6.45, 7) is 2.10. The molecule has 0 heterocycles. The van der Waals surface area contributed by atoms with Gasteiger partial charge in [-0.1, -0.05) is 66.2 Å². The predicted molar refractivity (Wildman–Crippen MR) is 112 cm³/mol. The van der Waals surface area contributed by atoms with Crippen LogP contribution in [0.4, 0.5) is 5.69 Å². The molecule has 0 amide bonds. The minimum Gasteiger partial charge on any atom is -0.497 e. The summed E-state index contributed by atoms with van der Waals surface area (Å²) < 4.78 is 5.27. The molecule has 0 saturated heterocycles. The number of ether oxygens (including phenoxy) is 1. The number of benzene rings is 3.